The molecule has 0 fully saturated rings. The molecule has 1 aromatic carbocycles. The fraction of sp³-hybridized carbons (Fsp3) is 0.364. The van der Waals surface area contributed by atoms with Gasteiger partial charge in [-0.15, -0.1) is 0 Å². The van der Waals surface area contributed by atoms with E-state index in [0.29, 0.717) is 11.3 Å². The second-order valence-corrected chi connectivity index (χ2v) is 3.91. The van der Waals surface area contributed by atoms with Gasteiger partial charge in [-0.1, -0.05) is 18.2 Å². The maximum absolute atomic E-state index is 11.6. The summed E-state index contributed by atoms with van der Waals surface area (Å²) in [5, 5.41) is 22.1. The van der Waals surface area contributed by atoms with Crippen molar-refractivity contribution < 1.29 is 15.0 Å². The lowest BCUT2D eigenvalue weighted by atomic mass is 9.90. The first-order chi connectivity index (χ1) is 7.04. The highest BCUT2D eigenvalue weighted by Gasteiger charge is 2.45. The van der Waals surface area contributed by atoms with Gasteiger partial charge in [-0.3, -0.25) is 4.79 Å². The molecule has 1 aliphatic rings. The van der Waals surface area contributed by atoms with Crippen LogP contribution in [-0.2, 0) is 10.4 Å². The number of carbonyl (C=O) groups is 1. The summed E-state index contributed by atoms with van der Waals surface area (Å²) in [6, 6.07) is 6.96. The first-order valence-corrected chi connectivity index (χ1v) is 4.85. The molecule has 0 saturated carbocycles. The van der Waals surface area contributed by atoms with Crippen molar-refractivity contribution in [2.24, 2.45) is 0 Å². The van der Waals surface area contributed by atoms with Crippen LogP contribution in [0.1, 0.15) is 18.9 Å². The van der Waals surface area contributed by atoms with Crippen molar-refractivity contribution in [1.29, 1.82) is 0 Å². The van der Waals surface area contributed by atoms with E-state index in [0.717, 1.165) is 0 Å². The molecular weight excluding hydrogens is 194 g/mol. The molecule has 1 aromatic rings. The molecule has 0 bridgehead atoms. The van der Waals surface area contributed by atoms with E-state index in [9.17, 15) is 15.0 Å². The molecular formula is C11H13NO3. The van der Waals surface area contributed by atoms with Crippen LogP contribution in [0.4, 0.5) is 5.69 Å². The first-order valence-electron chi connectivity index (χ1n) is 4.85. The molecule has 0 spiro atoms. The number of fused-ring (bicyclic) bond motifs is 1. The third kappa shape index (κ3) is 1.52. The lowest BCUT2D eigenvalue weighted by Crippen LogP contribution is -2.37. The van der Waals surface area contributed by atoms with Crippen LogP contribution >= 0.6 is 0 Å². The minimum atomic E-state index is -1.59. The minimum Gasteiger partial charge on any atom is -0.393 e. The predicted molar refractivity (Wildman–Crippen MR) is 55.3 cm³/mol. The zero-order valence-electron chi connectivity index (χ0n) is 8.40. The summed E-state index contributed by atoms with van der Waals surface area (Å²) >= 11 is 0. The first kappa shape index (κ1) is 10.1. The Labute approximate surface area is 87.6 Å². The fourth-order valence-corrected chi connectivity index (χ4v) is 1.93. The van der Waals surface area contributed by atoms with Gasteiger partial charge in [0.15, 0.2) is 5.60 Å². The fourth-order valence-electron chi connectivity index (χ4n) is 1.93. The summed E-state index contributed by atoms with van der Waals surface area (Å²) in [5.41, 5.74) is -0.438. The maximum atomic E-state index is 11.6. The standard InChI is InChI=1S/C11H13NO3/c1-7(13)6-11(15)8-4-2-3-5-9(8)12-10(11)14/h2-5,7,13,15H,6H2,1H3,(H,12,14)/t7-,11-/m1/s1. The van der Waals surface area contributed by atoms with E-state index < -0.39 is 17.6 Å². The van der Waals surface area contributed by atoms with Gasteiger partial charge in [-0.2, -0.15) is 0 Å². The van der Waals surface area contributed by atoms with Crippen LogP contribution in [-0.4, -0.2) is 22.2 Å². The molecule has 1 amide bonds. The topological polar surface area (TPSA) is 69.6 Å². The summed E-state index contributed by atoms with van der Waals surface area (Å²) in [6.45, 7) is 1.55. The van der Waals surface area contributed by atoms with Crippen molar-refractivity contribution in [3.05, 3.63) is 29.8 Å². The van der Waals surface area contributed by atoms with Crippen LogP contribution in [0.2, 0.25) is 0 Å². The monoisotopic (exact) mass is 207 g/mol. The number of hydrogen-bond acceptors (Lipinski definition) is 3. The van der Waals surface area contributed by atoms with E-state index >= 15 is 0 Å². The van der Waals surface area contributed by atoms with Gasteiger partial charge in [0.1, 0.15) is 0 Å². The molecule has 1 aliphatic heterocycles. The van der Waals surface area contributed by atoms with E-state index in [1.54, 1.807) is 31.2 Å². The van der Waals surface area contributed by atoms with Gasteiger partial charge in [0.25, 0.3) is 5.91 Å². The van der Waals surface area contributed by atoms with Crippen LogP contribution in [0.3, 0.4) is 0 Å². The van der Waals surface area contributed by atoms with Crippen LogP contribution in [0.25, 0.3) is 0 Å². The van der Waals surface area contributed by atoms with Crippen molar-refractivity contribution in [2.75, 3.05) is 5.32 Å². The van der Waals surface area contributed by atoms with Crippen LogP contribution in [0.15, 0.2) is 24.3 Å². The number of aliphatic hydroxyl groups is 2. The molecule has 80 valence electrons. The van der Waals surface area contributed by atoms with Crippen LogP contribution in [0.5, 0.6) is 0 Å². The molecule has 3 N–H and O–H groups in total. The lowest BCUT2D eigenvalue weighted by molar-refractivity contribution is -0.136. The molecule has 1 heterocycles. The number of rotatable bonds is 2. The summed E-state index contributed by atoms with van der Waals surface area (Å²) < 4.78 is 0. The number of aliphatic hydroxyl groups excluding tert-OH is 1. The van der Waals surface area contributed by atoms with E-state index in [2.05, 4.69) is 5.32 Å². The van der Waals surface area contributed by atoms with Crippen molar-refractivity contribution in [2.45, 2.75) is 25.0 Å². The Morgan fingerprint density at radius 2 is 2.13 bits per heavy atom. The zero-order valence-corrected chi connectivity index (χ0v) is 8.40. The van der Waals surface area contributed by atoms with E-state index in [-0.39, 0.29) is 6.42 Å². The Morgan fingerprint density at radius 1 is 1.47 bits per heavy atom. The molecule has 0 aliphatic carbocycles. The van der Waals surface area contributed by atoms with Gasteiger partial charge < -0.3 is 15.5 Å². The van der Waals surface area contributed by atoms with Crippen LogP contribution in [0, 0.1) is 0 Å². The number of benzene rings is 1. The Bertz CT molecular complexity index is 403. The zero-order chi connectivity index (χ0) is 11.1. The quantitative estimate of drug-likeness (QED) is 0.665. The molecule has 2 atom stereocenters. The van der Waals surface area contributed by atoms with E-state index in [1.165, 1.54) is 0 Å². The Balaban J connectivity index is 2.44. The highest BCUT2D eigenvalue weighted by molar-refractivity contribution is 6.04. The molecule has 4 nitrogen and oxygen atoms in total. The summed E-state index contributed by atoms with van der Waals surface area (Å²) in [5.74, 6) is -0.468. The van der Waals surface area contributed by atoms with Crippen molar-refractivity contribution >= 4 is 11.6 Å². The van der Waals surface area contributed by atoms with Crippen molar-refractivity contribution in [3.8, 4) is 0 Å². The van der Waals surface area contributed by atoms with E-state index in [1.807, 2.05) is 0 Å². The third-order valence-corrected chi connectivity index (χ3v) is 2.59. The molecule has 2 rings (SSSR count). The van der Waals surface area contributed by atoms with Gasteiger partial charge in [-0.25, -0.2) is 0 Å². The molecule has 0 radical (unpaired) electrons. The summed E-state index contributed by atoms with van der Waals surface area (Å²) in [4.78, 5) is 11.6. The third-order valence-electron chi connectivity index (χ3n) is 2.59. The molecule has 15 heavy (non-hydrogen) atoms. The van der Waals surface area contributed by atoms with Gasteiger partial charge in [0, 0.05) is 17.7 Å². The normalized spacial score (nSPS) is 25.9. The number of carbonyl (C=O) groups excluding carboxylic acids is 1. The Hall–Kier alpha value is -1.39. The van der Waals surface area contributed by atoms with Crippen molar-refractivity contribution in [1.82, 2.24) is 0 Å². The molecule has 0 aromatic heterocycles. The number of nitrogens with one attached hydrogen (secondary N) is 1. The number of hydrogen-bond donors (Lipinski definition) is 3. The van der Waals surface area contributed by atoms with Gasteiger partial charge >= 0.3 is 0 Å². The average molecular weight is 207 g/mol. The second-order valence-electron chi connectivity index (χ2n) is 3.91. The Kier molecular flexibility index (Phi) is 2.25. The minimum absolute atomic E-state index is 0.00977. The number of amides is 1. The molecule has 0 saturated heterocycles. The van der Waals surface area contributed by atoms with Gasteiger partial charge in [0.2, 0.25) is 0 Å². The highest BCUT2D eigenvalue weighted by Crippen LogP contribution is 2.38. The molecule has 0 unspecified atom stereocenters. The smallest absolute Gasteiger partial charge is 0.261 e. The van der Waals surface area contributed by atoms with Gasteiger partial charge in [0.05, 0.1) is 6.10 Å². The molecule has 4 heteroatoms. The van der Waals surface area contributed by atoms with Crippen LogP contribution < -0.4 is 5.32 Å². The SMILES string of the molecule is C[C@@H](O)C[C@]1(O)C(=O)Nc2ccccc21. The summed E-state index contributed by atoms with van der Waals surface area (Å²) in [7, 11) is 0. The predicted octanol–water partition coefficient (Wildman–Crippen LogP) is 0.597. The summed E-state index contributed by atoms with van der Waals surface area (Å²) in [6.07, 6.45) is -0.720. The number of anilines is 1. The average Bonchev–Trinajstić information content (AvgIpc) is 2.39. The maximum Gasteiger partial charge on any atom is 0.261 e. The van der Waals surface area contributed by atoms with Crippen molar-refractivity contribution in [3.63, 3.8) is 0 Å². The lowest BCUT2D eigenvalue weighted by Gasteiger charge is -2.22. The van der Waals surface area contributed by atoms with Gasteiger partial charge in [-0.05, 0) is 13.0 Å². The largest absolute Gasteiger partial charge is 0.393 e. The Morgan fingerprint density at radius 3 is 2.80 bits per heavy atom. The highest BCUT2D eigenvalue weighted by atomic mass is 16.3. The second kappa shape index (κ2) is 3.32. The van der Waals surface area contributed by atoms with E-state index in [4.69, 9.17) is 0 Å². The number of para-hydroxylation sites is 1.